The van der Waals surface area contributed by atoms with Crippen molar-refractivity contribution >= 4 is 51.7 Å². The molecule has 2 atom stereocenters. The third-order valence-corrected chi connectivity index (χ3v) is 5.79. The summed E-state index contributed by atoms with van der Waals surface area (Å²) in [6, 6.07) is 17.2. The van der Waals surface area contributed by atoms with Crippen LogP contribution < -0.4 is 15.4 Å². The van der Waals surface area contributed by atoms with Gasteiger partial charge in [0.2, 0.25) is 0 Å². The lowest BCUT2D eigenvalue weighted by molar-refractivity contribution is 0.336. The number of hydrogen-bond acceptors (Lipinski definition) is 4. The summed E-state index contributed by atoms with van der Waals surface area (Å²) >= 11 is 0. The molecule has 2 unspecified atom stereocenters. The molecule has 30 heavy (non-hydrogen) atoms. The minimum Gasteiger partial charge on any atom is -0.490 e. The number of nitrogens with one attached hydrogen (secondary N) is 2. The van der Waals surface area contributed by atoms with E-state index in [1.807, 2.05) is 68.4 Å². The van der Waals surface area contributed by atoms with Crippen LogP contribution in [0, 0.1) is 0 Å². The Kier molecular flexibility index (Phi) is 9.64. The summed E-state index contributed by atoms with van der Waals surface area (Å²) in [5, 5.41) is 7.53. The van der Waals surface area contributed by atoms with Crippen molar-refractivity contribution < 1.29 is 13.4 Å². The minimum atomic E-state index is -1.04. The zero-order chi connectivity index (χ0) is 20.6. The van der Waals surface area contributed by atoms with Gasteiger partial charge in [-0.25, -0.2) is 0 Å². The molecule has 0 saturated heterocycles. The molecule has 0 aliphatic heterocycles. The maximum atomic E-state index is 12.3. The van der Waals surface area contributed by atoms with Gasteiger partial charge < -0.3 is 19.8 Å². The average Bonchev–Trinajstić information content (AvgIpc) is 3.19. The van der Waals surface area contributed by atoms with Crippen LogP contribution in [-0.2, 0) is 10.8 Å². The van der Waals surface area contributed by atoms with Gasteiger partial charge in [0.1, 0.15) is 5.76 Å². The van der Waals surface area contributed by atoms with Crippen LogP contribution in [0.25, 0.3) is 11.0 Å². The van der Waals surface area contributed by atoms with Gasteiger partial charge in [0.15, 0.2) is 17.3 Å². The average molecular weight is 541 g/mol. The van der Waals surface area contributed by atoms with E-state index in [0.717, 1.165) is 27.4 Å². The number of rotatable bonds is 8. The second-order valence-corrected chi connectivity index (χ2v) is 8.05. The highest BCUT2D eigenvalue weighted by atomic mass is 127. The maximum Gasteiger partial charge on any atom is 0.191 e. The van der Waals surface area contributed by atoms with Gasteiger partial charge in [-0.3, -0.25) is 9.20 Å². The summed E-state index contributed by atoms with van der Waals surface area (Å²) in [5.41, 5.74) is 0.749. The quantitative estimate of drug-likeness (QED) is 0.250. The molecule has 0 bridgehead atoms. The molecule has 1 aromatic heterocycles. The van der Waals surface area contributed by atoms with Gasteiger partial charge in [-0.2, -0.15) is 0 Å². The molecule has 8 heteroatoms. The Morgan fingerprint density at radius 3 is 2.67 bits per heavy atom. The van der Waals surface area contributed by atoms with Crippen LogP contribution in [0.5, 0.6) is 5.75 Å². The lowest BCUT2D eigenvalue weighted by Gasteiger charge is -2.16. The summed E-state index contributed by atoms with van der Waals surface area (Å²) in [5.74, 6) is 2.67. The summed E-state index contributed by atoms with van der Waals surface area (Å²) in [6.45, 7) is 5.09. The van der Waals surface area contributed by atoms with Crippen molar-refractivity contribution in [2.45, 2.75) is 24.8 Å². The van der Waals surface area contributed by atoms with Crippen molar-refractivity contribution in [3.63, 3.8) is 0 Å². The molecular weight excluding hydrogens is 513 g/mol. The smallest absolute Gasteiger partial charge is 0.191 e. The Labute approximate surface area is 197 Å². The zero-order valence-corrected chi connectivity index (χ0v) is 20.5. The first kappa shape index (κ1) is 24.2. The Morgan fingerprint density at radius 1 is 1.20 bits per heavy atom. The minimum absolute atomic E-state index is 0. The molecule has 0 amide bonds. The standard InChI is InChI=1S/C22H27N3O3S.HI/c1-4-27-19-12-8-9-17-15-20(28-21(17)19)16(2)25-22(23-3)24-13-14-29(26)18-10-6-5-7-11-18;/h5-12,15-16H,4,13-14H2,1-3H3,(H2,23,24,25);1H. The fourth-order valence-corrected chi connectivity index (χ4v) is 3.95. The van der Waals surface area contributed by atoms with E-state index in [1.54, 1.807) is 7.05 Å². The number of guanidine groups is 1. The van der Waals surface area contributed by atoms with Gasteiger partial charge in [-0.1, -0.05) is 30.3 Å². The van der Waals surface area contributed by atoms with E-state index in [2.05, 4.69) is 15.6 Å². The fourth-order valence-electron chi connectivity index (χ4n) is 2.96. The van der Waals surface area contributed by atoms with Gasteiger partial charge >= 0.3 is 0 Å². The number of furan rings is 1. The molecular formula is C22H28IN3O3S. The first-order valence-electron chi connectivity index (χ1n) is 9.68. The topological polar surface area (TPSA) is 75.9 Å². The number of aliphatic imine (C=N–C) groups is 1. The molecule has 0 spiro atoms. The first-order chi connectivity index (χ1) is 14.1. The predicted octanol–water partition coefficient (Wildman–Crippen LogP) is 4.48. The number of fused-ring (bicyclic) bond motifs is 1. The van der Waals surface area contributed by atoms with Crippen molar-refractivity contribution in [3.05, 3.63) is 60.4 Å². The number of hydrogen-bond donors (Lipinski definition) is 2. The van der Waals surface area contributed by atoms with Crippen LogP contribution in [0.15, 0.2) is 68.9 Å². The largest absolute Gasteiger partial charge is 0.490 e. The van der Waals surface area contributed by atoms with Crippen molar-refractivity contribution in [1.82, 2.24) is 10.6 Å². The fraction of sp³-hybridized carbons (Fsp3) is 0.318. The second-order valence-electron chi connectivity index (χ2n) is 6.48. The van der Waals surface area contributed by atoms with Crippen molar-refractivity contribution in [2.24, 2.45) is 4.99 Å². The lowest BCUT2D eigenvalue weighted by atomic mass is 10.2. The Balaban J connectivity index is 0.00000320. The summed E-state index contributed by atoms with van der Waals surface area (Å²) < 4.78 is 24.0. The maximum absolute atomic E-state index is 12.3. The highest BCUT2D eigenvalue weighted by Gasteiger charge is 2.15. The molecule has 3 rings (SSSR count). The van der Waals surface area contributed by atoms with Gasteiger partial charge in [-0.15, -0.1) is 24.0 Å². The molecule has 0 saturated carbocycles. The molecule has 2 aromatic carbocycles. The van der Waals surface area contributed by atoms with Gasteiger partial charge in [0.25, 0.3) is 0 Å². The van der Waals surface area contributed by atoms with Crippen molar-refractivity contribution in [3.8, 4) is 5.75 Å². The van der Waals surface area contributed by atoms with Crippen LogP contribution in [0.1, 0.15) is 25.6 Å². The monoisotopic (exact) mass is 541 g/mol. The molecule has 0 aliphatic carbocycles. The van der Waals surface area contributed by atoms with E-state index in [4.69, 9.17) is 9.15 Å². The number of nitrogens with zero attached hydrogens (tertiary/aromatic N) is 1. The molecule has 0 radical (unpaired) electrons. The summed E-state index contributed by atoms with van der Waals surface area (Å²) in [4.78, 5) is 5.08. The Morgan fingerprint density at radius 2 is 1.97 bits per heavy atom. The summed E-state index contributed by atoms with van der Waals surface area (Å²) in [6.07, 6.45) is 0. The number of ether oxygens (including phenoxy) is 1. The number of benzene rings is 2. The van der Waals surface area contributed by atoms with Crippen LogP contribution in [0.4, 0.5) is 0 Å². The van der Waals surface area contributed by atoms with E-state index < -0.39 is 10.8 Å². The number of halogens is 1. The summed E-state index contributed by atoms with van der Waals surface area (Å²) in [7, 11) is 0.667. The highest BCUT2D eigenvalue weighted by molar-refractivity contribution is 14.0. The van der Waals surface area contributed by atoms with Crippen LogP contribution >= 0.6 is 24.0 Å². The third kappa shape index (κ3) is 6.21. The van der Waals surface area contributed by atoms with E-state index in [-0.39, 0.29) is 30.0 Å². The molecule has 3 aromatic rings. The third-order valence-electron chi connectivity index (χ3n) is 4.42. The Hall–Kier alpha value is -2.07. The number of para-hydroxylation sites is 1. The second kappa shape index (κ2) is 11.9. The molecule has 0 aliphatic rings. The molecule has 162 valence electrons. The normalized spacial score (nSPS) is 13.4. The van der Waals surface area contributed by atoms with E-state index in [1.165, 1.54) is 0 Å². The van der Waals surface area contributed by atoms with Gasteiger partial charge in [0.05, 0.1) is 23.4 Å². The van der Waals surface area contributed by atoms with Crippen LogP contribution in [0.2, 0.25) is 0 Å². The molecule has 0 fully saturated rings. The van der Waals surface area contributed by atoms with E-state index >= 15 is 0 Å². The first-order valence-corrected chi connectivity index (χ1v) is 11.0. The SMILES string of the molecule is CCOc1cccc2cc(C(C)NC(=NC)NCCS(=O)c3ccccc3)oc12.I. The Bertz CT molecular complexity index is 992. The van der Waals surface area contributed by atoms with E-state index in [0.29, 0.717) is 24.9 Å². The van der Waals surface area contributed by atoms with Gasteiger partial charge in [0, 0.05) is 29.6 Å². The zero-order valence-electron chi connectivity index (χ0n) is 17.4. The molecule has 6 nitrogen and oxygen atoms in total. The molecule has 2 N–H and O–H groups in total. The lowest BCUT2D eigenvalue weighted by Crippen LogP contribution is -2.40. The van der Waals surface area contributed by atoms with Crippen molar-refractivity contribution in [1.29, 1.82) is 0 Å². The predicted molar refractivity (Wildman–Crippen MR) is 133 cm³/mol. The van der Waals surface area contributed by atoms with Gasteiger partial charge in [-0.05, 0) is 38.1 Å². The highest BCUT2D eigenvalue weighted by Crippen LogP contribution is 2.31. The van der Waals surface area contributed by atoms with E-state index in [9.17, 15) is 4.21 Å². The molecule has 1 heterocycles. The van der Waals surface area contributed by atoms with Crippen LogP contribution in [-0.4, -0.2) is 36.1 Å². The van der Waals surface area contributed by atoms with Crippen LogP contribution in [0.3, 0.4) is 0 Å². The van der Waals surface area contributed by atoms with Crippen molar-refractivity contribution in [2.75, 3.05) is 26.0 Å².